The molecule has 0 saturated heterocycles. The molecule has 28 heavy (non-hydrogen) atoms. The van der Waals surface area contributed by atoms with Gasteiger partial charge in [-0.2, -0.15) is 0 Å². The van der Waals surface area contributed by atoms with Gasteiger partial charge in [-0.1, -0.05) is 36.4 Å². The fourth-order valence-electron chi connectivity index (χ4n) is 2.75. The van der Waals surface area contributed by atoms with Crippen LogP contribution in [0.4, 0.5) is 0 Å². The maximum Gasteiger partial charge on any atom is 0.261 e. The van der Waals surface area contributed by atoms with Crippen molar-refractivity contribution in [1.82, 2.24) is 10.0 Å². The smallest absolute Gasteiger partial charge is 0.261 e. The van der Waals surface area contributed by atoms with Gasteiger partial charge in [-0.3, -0.25) is 4.79 Å². The van der Waals surface area contributed by atoms with E-state index < -0.39 is 16.1 Å². The van der Waals surface area contributed by atoms with E-state index in [4.69, 9.17) is 4.74 Å². The van der Waals surface area contributed by atoms with Crippen LogP contribution in [0.15, 0.2) is 48.5 Å². The van der Waals surface area contributed by atoms with Gasteiger partial charge in [0.2, 0.25) is 10.0 Å². The number of rotatable bonds is 9. The lowest BCUT2D eigenvalue weighted by molar-refractivity contribution is -0.127. The van der Waals surface area contributed by atoms with Crippen molar-refractivity contribution >= 4 is 15.9 Å². The van der Waals surface area contributed by atoms with Gasteiger partial charge in [-0.05, 0) is 56.5 Å². The molecule has 0 radical (unpaired) electrons. The summed E-state index contributed by atoms with van der Waals surface area (Å²) in [7, 11) is -3.44. The molecule has 2 aromatic rings. The number of ether oxygens (including phenoxy) is 1. The molecule has 1 unspecified atom stereocenters. The number of aryl methyl sites for hydroxylation is 1. The van der Waals surface area contributed by atoms with Gasteiger partial charge in [0.1, 0.15) is 5.75 Å². The Morgan fingerprint density at radius 2 is 1.71 bits per heavy atom. The first kappa shape index (κ1) is 21.9. The van der Waals surface area contributed by atoms with Crippen molar-refractivity contribution in [2.75, 3.05) is 0 Å². The lowest BCUT2D eigenvalue weighted by Gasteiger charge is -2.16. The van der Waals surface area contributed by atoms with Gasteiger partial charge in [-0.25, -0.2) is 13.1 Å². The zero-order chi connectivity index (χ0) is 20.7. The van der Waals surface area contributed by atoms with Crippen LogP contribution in [-0.4, -0.2) is 26.5 Å². The molecule has 6 nitrogen and oxygen atoms in total. The molecule has 2 aromatic carbocycles. The van der Waals surface area contributed by atoms with Crippen molar-refractivity contribution in [3.63, 3.8) is 0 Å². The van der Waals surface area contributed by atoms with E-state index in [1.165, 1.54) is 0 Å². The Balaban J connectivity index is 1.99. The minimum atomic E-state index is -3.44. The van der Waals surface area contributed by atoms with Crippen molar-refractivity contribution in [2.45, 2.75) is 52.1 Å². The molecule has 0 aliphatic carbocycles. The second-order valence-electron chi connectivity index (χ2n) is 7.09. The van der Waals surface area contributed by atoms with Crippen LogP contribution in [0.25, 0.3) is 0 Å². The summed E-state index contributed by atoms with van der Waals surface area (Å²) in [5.41, 5.74) is 2.46. The van der Waals surface area contributed by atoms with Crippen LogP contribution in [0, 0.1) is 6.92 Å². The van der Waals surface area contributed by atoms with Gasteiger partial charge in [0.25, 0.3) is 5.91 Å². The standard InChI is InChI=1S/C21H28N2O4S/c1-15(2)23-28(25,26)14-19-10-6-5-9-18(19)13-22-21(24)17(4)27-20-11-7-8-16(3)12-20/h5-12,15,17,23H,13-14H2,1-4H3,(H,22,24). The number of carbonyl (C=O) groups is 1. The number of hydrogen-bond acceptors (Lipinski definition) is 4. The molecule has 0 aliphatic rings. The number of nitrogens with one attached hydrogen (secondary N) is 2. The Labute approximate surface area is 167 Å². The Bertz CT molecular complexity index is 910. The van der Waals surface area contributed by atoms with Crippen LogP contribution < -0.4 is 14.8 Å². The molecule has 0 heterocycles. The molecule has 0 aromatic heterocycles. The third-order valence-corrected chi connectivity index (χ3v) is 5.53. The molecule has 0 saturated carbocycles. The molecule has 0 spiro atoms. The molecule has 1 atom stereocenters. The highest BCUT2D eigenvalue weighted by Crippen LogP contribution is 2.15. The first-order chi connectivity index (χ1) is 13.2. The second-order valence-corrected chi connectivity index (χ2v) is 8.85. The molecule has 0 fully saturated rings. The molecule has 0 aliphatic heterocycles. The minimum absolute atomic E-state index is 0.132. The Kier molecular flexibility index (Phi) is 7.60. The normalized spacial score (nSPS) is 12.6. The number of carbonyl (C=O) groups excluding carboxylic acids is 1. The van der Waals surface area contributed by atoms with Crippen LogP contribution in [0.1, 0.15) is 37.5 Å². The van der Waals surface area contributed by atoms with E-state index in [0.717, 1.165) is 11.1 Å². The zero-order valence-corrected chi connectivity index (χ0v) is 17.5. The quantitative estimate of drug-likeness (QED) is 0.673. The highest BCUT2D eigenvalue weighted by atomic mass is 32.2. The fourth-order valence-corrected chi connectivity index (χ4v) is 4.24. The second kappa shape index (κ2) is 9.71. The van der Waals surface area contributed by atoms with E-state index in [1.807, 2.05) is 37.3 Å². The van der Waals surface area contributed by atoms with Gasteiger partial charge < -0.3 is 10.1 Å². The Morgan fingerprint density at radius 3 is 2.36 bits per heavy atom. The van der Waals surface area contributed by atoms with E-state index in [0.29, 0.717) is 11.3 Å². The van der Waals surface area contributed by atoms with Crippen LogP contribution in [0.2, 0.25) is 0 Å². The largest absolute Gasteiger partial charge is 0.481 e. The number of benzene rings is 2. The molecule has 7 heteroatoms. The predicted molar refractivity (Wildman–Crippen MR) is 110 cm³/mol. The minimum Gasteiger partial charge on any atom is -0.481 e. The van der Waals surface area contributed by atoms with Crippen LogP contribution in [0.3, 0.4) is 0 Å². The molecular weight excluding hydrogens is 376 g/mol. The van der Waals surface area contributed by atoms with Crippen molar-refractivity contribution in [3.05, 3.63) is 65.2 Å². The summed E-state index contributed by atoms with van der Waals surface area (Å²) in [5.74, 6) is 0.236. The average molecular weight is 405 g/mol. The summed E-state index contributed by atoms with van der Waals surface area (Å²) in [5, 5.41) is 2.82. The van der Waals surface area contributed by atoms with Crippen molar-refractivity contribution in [2.24, 2.45) is 0 Å². The average Bonchev–Trinajstić information content (AvgIpc) is 2.59. The van der Waals surface area contributed by atoms with E-state index >= 15 is 0 Å². The molecule has 2 rings (SSSR count). The van der Waals surface area contributed by atoms with Crippen LogP contribution >= 0.6 is 0 Å². The SMILES string of the molecule is Cc1cccc(OC(C)C(=O)NCc2ccccc2CS(=O)(=O)NC(C)C)c1. The van der Waals surface area contributed by atoms with Crippen molar-refractivity contribution < 1.29 is 17.9 Å². The summed E-state index contributed by atoms with van der Waals surface area (Å²) in [6.45, 7) is 7.42. The lowest BCUT2D eigenvalue weighted by Crippen LogP contribution is -2.36. The maximum atomic E-state index is 12.4. The van der Waals surface area contributed by atoms with Gasteiger partial charge >= 0.3 is 0 Å². The van der Waals surface area contributed by atoms with Crippen LogP contribution in [-0.2, 0) is 27.1 Å². The summed E-state index contributed by atoms with van der Waals surface area (Å²) in [4.78, 5) is 12.4. The van der Waals surface area contributed by atoms with Crippen LogP contribution in [0.5, 0.6) is 5.75 Å². The number of hydrogen-bond donors (Lipinski definition) is 2. The molecule has 1 amide bonds. The van der Waals surface area contributed by atoms with Crippen molar-refractivity contribution in [3.8, 4) is 5.75 Å². The molecule has 2 N–H and O–H groups in total. The Morgan fingerprint density at radius 1 is 1.04 bits per heavy atom. The first-order valence-electron chi connectivity index (χ1n) is 9.24. The topological polar surface area (TPSA) is 84.5 Å². The van der Waals surface area contributed by atoms with Gasteiger partial charge in [0, 0.05) is 12.6 Å². The third kappa shape index (κ3) is 6.98. The lowest BCUT2D eigenvalue weighted by atomic mass is 10.1. The number of sulfonamides is 1. The summed E-state index contributed by atoms with van der Waals surface area (Å²) in [6, 6.07) is 14.5. The maximum absolute atomic E-state index is 12.4. The predicted octanol–water partition coefficient (Wildman–Crippen LogP) is 2.91. The van der Waals surface area contributed by atoms with E-state index in [2.05, 4.69) is 10.0 Å². The first-order valence-corrected chi connectivity index (χ1v) is 10.9. The third-order valence-electron chi connectivity index (χ3n) is 4.00. The molecule has 152 valence electrons. The van der Waals surface area contributed by atoms with Gasteiger partial charge in [0.05, 0.1) is 5.75 Å². The number of amides is 1. The molecule has 0 bridgehead atoms. The zero-order valence-electron chi connectivity index (χ0n) is 16.7. The fraction of sp³-hybridized carbons (Fsp3) is 0.381. The van der Waals surface area contributed by atoms with Gasteiger partial charge in [-0.15, -0.1) is 0 Å². The summed E-state index contributed by atoms with van der Waals surface area (Å²) < 4.78 is 32.7. The van der Waals surface area contributed by atoms with Gasteiger partial charge in [0.15, 0.2) is 6.10 Å². The highest BCUT2D eigenvalue weighted by Gasteiger charge is 2.17. The van der Waals surface area contributed by atoms with E-state index in [9.17, 15) is 13.2 Å². The summed E-state index contributed by atoms with van der Waals surface area (Å²) in [6.07, 6.45) is -0.666. The summed E-state index contributed by atoms with van der Waals surface area (Å²) >= 11 is 0. The Hall–Kier alpha value is -2.38. The molecular formula is C21H28N2O4S. The monoisotopic (exact) mass is 404 g/mol. The van der Waals surface area contributed by atoms with E-state index in [-0.39, 0.29) is 24.2 Å². The highest BCUT2D eigenvalue weighted by molar-refractivity contribution is 7.88. The van der Waals surface area contributed by atoms with E-state index in [1.54, 1.807) is 39.0 Å². The van der Waals surface area contributed by atoms with Crippen molar-refractivity contribution in [1.29, 1.82) is 0 Å².